The van der Waals surface area contributed by atoms with E-state index in [1.54, 1.807) is 0 Å². The van der Waals surface area contributed by atoms with Gasteiger partial charge in [-0.25, -0.2) is 0 Å². The Morgan fingerprint density at radius 1 is 1.44 bits per heavy atom. The first-order valence-corrected chi connectivity index (χ1v) is 6.10. The summed E-state index contributed by atoms with van der Waals surface area (Å²) in [6, 6.07) is 0.670. The minimum absolute atomic E-state index is 0.122. The molecule has 1 aliphatic rings. The summed E-state index contributed by atoms with van der Waals surface area (Å²) in [5.41, 5.74) is 0. The lowest BCUT2D eigenvalue weighted by Crippen LogP contribution is -2.21. The summed E-state index contributed by atoms with van der Waals surface area (Å²) in [4.78, 5) is 0. The predicted molar refractivity (Wildman–Crippen MR) is 62.2 cm³/mol. The van der Waals surface area contributed by atoms with Gasteiger partial charge in [0.25, 0.3) is 0 Å². The van der Waals surface area contributed by atoms with Crippen molar-refractivity contribution in [2.24, 2.45) is 5.92 Å². The zero-order valence-electron chi connectivity index (χ0n) is 9.99. The first kappa shape index (κ1) is 11.4. The van der Waals surface area contributed by atoms with Crippen molar-refractivity contribution in [2.75, 3.05) is 18.4 Å². The fourth-order valence-electron chi connectivity index (χ4n) is 1.80. The van der Waals surface area contributed by atoms with Crippen LogP contribution in [0.3, 0.4) is 0 Å². The minimum Gasteiger partial charge on any atom is -0.406 e. The average Bonchev–Trinajstić information content (AvgIpc) is 2.64. The molecule has 2 rings (SSSR count). The highest BCUT2D eigenvalue weighted by atomic mass is 16.4. The number of hydrogen-bond acceptors (Lipinski definition) is 5. The Labute approximate surface area is 96.0 Å². The van der Waals surface area contributed by atoms with E-state index < -0.39 is 0 Å². The van der Waals surface area contributed by atoms with Gasteiger partial charge in [0.05, 0.1) is 6.04 Å². The standard InChI is InChI=1S/C11H20N4O/c1-3-12-8(2)10-14-15-11(16-10)13-7-9-5-4-6-9/h8-9,12H,3-7H2,1-2H3,(H,13,15). The molecule has 0 radical (unpaired) electrons. The summed E-state index contributed by atoms with van der Waals surface area (Å²) in [6.45, 7) is 5.93. The highest BCUT2D eigenvalue weighted by Gasteiger charge is 2.18. The van der Waals surface area contributed by atoms with Crippen molar-refractivity contribution in [1.82, 2.24) is 15.5 Å². The summed E-state index contributed by atoms with van der Waals surface area (Å²) >= 11 is 0. The highest BCUT2D eigenvalue weighted by molar-refractivity contribution is 5.17. The number of nitrogens with zero attached hydrogens (tertiary/aromatic N) is 2. The van der Waals surface area contributed by atoms with Crippen LogP contribution in [-0.4, -0.2) is 23.3 Å². The lowest BCUT2D eigenvalue weighted by atomic mass is 9.85. The Kier molecular flexibility index (Phi) is 3.77. The van der Waals surface area contributed by atoms with Crippen molar-refractivity contribution < 1.29 is 4.42 Å². The van der Waals surface area contributed by atoms with Gasteiger partial charge >= 0.3 is 6.01 Å². The largest absolute Gasteiger partial charge is 0.406 e. The molecular formula is C11H20N4O. The third kappa shape index (κ3) is 2.72. The van der Waals surface area contributed by atoms with Crippen molar-refractivity contribution in [3.05, 3.63) is 5.89 Å². The van der Waals surface area contributed by atoms with Crippen LogP contribution < -0.4 is 10.6 Å². The van der Waals surface area contributed by atoms with Gasteiger partial charge in [0, 0.05) is 6.54 Å². The molecule has 0 spiro atoms. The predicted octanol–water partition coefficient (Wildman–Crippen LogP) is 1.95. The van der Waals surface area contributed by atoms with E-state index >= 15 is 0 Å². The third-order valence-corrected chi connectivity index (χ3v) is 3.09. The molecule has 1 aromatic heterocycles. The summed E-state index contributed by atoms with van der Waals surface area (Å²) < 4.78 is 5.52. The summed E-state index contributed by atoms with van der Waals surface area (Å²) in [7, 11) is 0. The van der Waals surface area contributed by atoms with E-state index in [1.807, 2.05) is 6.92 Å². The maximum Gasteiger partial charge on any atom is 0.315 e. The maximum absolute atomic E-state index is 5.52. The second-order valence-electron chi connectivity index (χ2n) is 4.40. The smallest absolute Gasteiger partial charge is 0.315 e. The van der Waals surface area contributed by atoms with Crippen LogP contribution >= 0.6 is 0 Å². The van der Waals surface area contributed by atoms with Crippen molar-refractivity contribution in [2.45, 2.75) is 39.2 Å². The van der Waals surface area contributed by atoms with Gasteiger partial charge in [-0.15, -0.1) is 5.10 Å². The number of anilines is 1. The molecule has 0 amide bonds. The van der Waals surface area contributed by atoms with Crippen molar-refractivity contribution in [1.29, 1.82) is 0 Å². The highest BCUT2D eigenvalue weighted by Crippen LogP contribution is 2.26. The van der Waals surface area contributed by atoms with E-state index in [0.717, 1.165) is 19.0 Å². The van der Waals surface area contributed by atoms with Crippen LogP contribution in [0.2, 0.25) is 0 Å². The van der Waals surface area contributed by atoms with Gasteiger partial charge in [0.1, 0.15) is 0 Å². The third-order valence-electron chi connectivity index (χ3n) is 3.09. The number of nitrogens with one attached hydrogen (secondary N) is 2. The molecule has 0 saturated heterocycles. The van der Waals surface area contributed by atoms with Crippen LogP contribution in [-0.2, 0) is 0 Å². The van der Waals surface area contributed by atoms with E-state index in [9.17, 15) is 0 Å². The molecule has 5 heteroatoms. The van der Waals surface area contributed by atoms with Crippen LogP contribution in [0.1, 0.15) is 45.0 Å². The fraction of sp³-hybridized carbons (Fsp3) is 0.818. The Hall–Kier alpha value is -1.10. The van der Waals surface area contributed by atoms with E-state index in [4.69, 9.17) is 4.42 Å². The lowest BCUT2D eigenvalue weighted by Gasteiger charge is -2.24. The number of hydrogen-bond donors (Lipinski definition) is 2. The molecule has 5 nitrogen and oxygen atoms in total. The quantitative estimate of drug-likeness (QED) is 0.773. The van der Waals surface area contributed by atoms with Crippen molar-refractivity contribution >= 4 is 6.01 Å². The van der Waals surface area contributed by atoms with E-state index in [2.05, 4.69) is 27.8 Å². The maximum atomic E-state index is 5.52. The molecular weight excluding hydrogens is 204 g/mol. The monoisotopic (exact) mass is 224 g/mol. The summed E-state index contributed by atoms with van der Waals surface area (Å²) in [6.07, 6.45) is 4.00. The molecule has 1 aliphatic carbocycles. The van der Waals surface area contributed by atoms with Crippen LogP contribution in [0.25, 0.3) is 0 Å². The Morgan fingerprint density at radius 2 is 2.25 bits per heavy atom. The summed E-state index contributed by atoms with van der Waals surface area (Å²) in [5.74, 6) is 1.44. The van der Waals surface area contributed by atoms with E-state index in [0.29, 0.717) is 11.9 Å². The Balaban J connectivity index is 1.81. The number of aromatic nitrogens is 2. The van der Waals surface area contributed by atoms with Gasteiger partial charge in [-0.2, -0.15) is 0 Å². The molecule has 0 bridgehead atoms. The second kappa shape index (κ2) is 5.30. The zero-order valence-corrected chi connectivity index (χ0v) is 9.99. The normalized spacial score (nSPS) is 18.1. The first-order chi connectivity index (χ1) is 7.79. The lowest BCUT2D eigenvalue weighted by molar-refractivity contribution is 0.330. The SMILES string of the molecule is CCNC(C)c1nnc(NCC2CCC2)o1. The molecule has 1 unspecified atom stereocenters. The molecule has 90 valence electrons. The van der Waals surface area contributed by atoms with E-state index in [1.165, 1.54) is 19.3 Å². The van der Waals surface area contributed by atoms with E-state index in [-0.39, 0.29) is 6.04 Å². The van der Waals surface area contributed by atoms with Gasteiger partial charge in [0.15, 0.2) is 0 Å². The first-order valence-electron chi connectivity index (χ1n) is 6.10. The molecule has 0 aliphatic heterocycles. The minimum atomic E-state index is 0.122. The molecule has 1 fully saturated rings. The topological polar surface area (TPSA) is 63.0 Å². The molecule has 1 atom stereocenters. The average molecular weight is 224 g/mol. The van der Waals surface area contributed by atoms with Crippen molar-refractivity contribution in [3.8, 4) is 0 Å². The van der Waals surface area contributed by atoms with Crippen LogP contribution in [0.5, 0.6) is 0 Å². The molecule has 1 heterocycles. The number of rotatable bonds is 6. The zero-order chi connectivity index (χ0) is 11.4. The van der Waals surface area contributed by atoms with Crippen LogP contribution in [0, 0.1) is 5.92 Å². The van der Waals surface area contributed by atoms with Gasteiger partial charge < -0.3 is 15.1 Å². The second-order valence-corrected chi connectivity index (χ2v) is 4.40. The van der Waals surface area contributed by atoms with Crippen LogP contribution in [0.4, 0.5) is 6.01 Å². The molecule has 1 saturated carbocycles. The Bertz CT molecular complexity index is 322. The molecule has 2 N–H and O–H groups in total. The molecule has 1 aromatic rings. The van der Waals surface area contributed by atoms with Gasteiger partial charge in [-0.3, -0.25) is 0 Å². The van der Waals surface area contributed by atoms with Gasteiger partial charge in [-0.1, -0.05) is 18.4 Å². The van der Waals surface area contributed by atoms with Gasteiger partial charge in [-0.05, 0) is 32.2 Å². The van der Waals surface area contributed by atoms with Gasteiger partial charge in [0.2, 0.25) is 5.89 Å². The summed E-state index contributed by atoms with van der Waals surface area (Å²) in [5, 5.41) is 14.4. The fourth-order valence-corrected chi connectivity index (χ4v) is 1.80. The Morgan fingerprint density at radius 3 is 2.88 bits per heavy atom. The van der Waals surface area contributed by atoms with Crippen LogP contribution in [0.15, 0.2) is 4.42 Å². The molecule has 0 aromatic carbocycles. The van der Waals surface area contributed by atoms with Crippen molar-refractivity contribution in [3.63, 3.8) is 0 Å². The molecule has 16 heavy (non-hydrogen) atoms.